The molecule has 7 nitrogen and oxygen atoms in total. The fourth-order valence-electron chi connectivity index (χ4n) is 3.32. The van der Waals surface area contributed by atoms with Gasteiger partial charge in [-0.1, -0.05) is 23.2 Å². The third-order valence-corrected chi connectivity index (χ3v) is 8.04. The molecule has 27 heavy (non-hydrogen) atoms. The number of halogens is 2. The van der Waals surface area contributed by atoms with Crippen molar-refractivity contribution in [1.82, 2.24) is 14.1 Å². The Morgan fingerprint density at radius 1 is 1.00 bits per heavy atom. The van der Waals surface area contributed by atoms with Crippen LogP contribution in [0.3, 0.4) is 0 Å². The first-order valence-corrected chi connectivity index (χ1v) is 11.0. The van der Waals surface area contributed by atoms with E-state index in [-0.39, 0.29) is 29.0 Å². The lowest BCUT2D eigenvalue weighted by molar-refractivity contribution is 0.0405. The summed E-state index contributed by atoms with van der Waals surface area (Å²) in [7, 11) is -3.80. The van der Waals surface area contributed by atoms with E-state index in [1.165, 1.54) is 4.31 Å². The lowest BCUT2D eigenvalue weighted by Gasteiger charge is -2.38. The molecule has 2 aliphatic heterocycles. The van der Waals surface area contributed by atoms with E-state index in [1.807, 2.05) is 0 Å². The van der Waals surface area contributed by atoms with Crippen LogP contribution in [0.5, 0.6) is 0 Å². The van der Waals surface area contributed by atoms with Crippen LogP contribution in [0.15, 0.2) is 11.0 Å². The third-order valence-electron chi connectivity index (χ3n) is 4.98. The second-order valence-electron chi connectivity index (χ2n) is 6.72. The number of amides is 2. The van der Waals surface area contributed by atoms with Crippen molar-refractivity contribution in [1.29, 1.82) is 0 Å². The number of carbonyl (C=O) groups excluding carboxylic acids is 1. The number of carbonyl (C=O) groups is 1. The SMILES string of the molecule is Cc1cc(Cl)c(C)c(S(=O)(=O)N2CCN(C(=O)N3CCOCC3)CC2)c1Cl. The Labute approximate surface area is 169 Å². The fourth-order valence-corrected chi connectivity index (χ4v) is 5.91. The highest BCUT2D eigenvalue weighted by molar-refractivity contribution is 7.89. The van der Waals surface area contributed by atoms with Gasteiger partial charge in [0.25, 0.3) is 0 Å². The number of ether oxygens (including phenoxy) is 1. The number of nitrogens with zero attached hydrogens (tertiary/aromatic N) is 3. The largest absolute Gasteiger partial charge is 0.378 e. The average Bonchev–Trinajstić information content (AvgIpc) is 2.66. The van der Waals surface area contributed by atoms with E-state index in [9.17, 15) is 13.2 Å². The first-order chi connectivity index (χ1) is 12.7. The Morgan fingerprint density at radius 2 is 1.56 bits per heavy atom. The molecule has 2 fully saturated rings. The molecule has 3 rings (SSSR count). The molecule has 1 aromatic rings. The summed E-state index contributed by atoms with van der Waals surface area (Å²) in [6.07, 6.45) is 0. The van der Waals surface area contributed by atoms with Crippen molar-refractivity contribution in [3.63, 3.8) is 0 Å². The molecule has 2 saturated heterocycles. The first kappa shape index (κ1) is 20.7. The molecule has 0 aromatic heterocycles. The van der Waals surface area contributed by atoms with Crippen LogP contribution in [0.25, 0.3) is 0 Å². The zero-order valence-electron chi connectivity index (χ0n) is 15.4. The number of hydrogen-bond acceptors (Lipinski definition) is 4. The summed E-state index contributed by atoms with van der Waals surface area (Å²) in [6, 6.07) is 1.60. The molecule has 0 saturated carbocycles. The van der Waals surface area contributed by atoms with E-state index >= 15 is 0 Å². The van der Waals surface area contributed by atoms with Gasteiger partial charge in [-0.05, 0) is 31.0 Å². The maximum atomic E-state index is 13.2. The summed E-state index contributed by atoms with van der Waals surface area (Å²) in [5.74, 6) is 0. The minimum absolute atomic E-state index is 0.0575. The standard InChI is InChI=1S/C17H23Cl2N3O4S/c1-12-11-14(18)13(2)16(15(12)19)27(24,25)22-5-3-20(4-6-22)17(23)21-7-9-26-10-8-21/h11H,3-10H2,1-2H3. The fraction of sp³-hybridized carbons (Fsp3) is 0.588. The molecule has 0 unspecified atom stereocenters. The first-order valence-electron chi connectivity index (χ1n) is 8.80. The highest BCUT2D eigenvalue weighted by Gasteiger charge is 2.34. The van der Waals surface area contributed by atoms with Gasteiger partial charge in [0.15, 0.2) is 0 Å². The molecule has 0 spiro atoms. The molecule has 2 amide bonds. The molecule has 0 N–H and O–H groups in total. The number of hydrogen-bond donors (Lipinski definition) is 0. The molecular weight excluding hydrogens is 413 g/mol. The summed E-state index contributed by atoms with van der Waals surface area (Å²) in [4.78, 5) is 16.1. The summed E-state index contributed by atoms with van der Waals surface area (Å²) < 4.78 is 33.0. The number of sulfonamides is 1. The third kappa shape index (κ3) is 4.05. The van der Waals surface area contributed by atoms with Crippen molar-refractivity contribution >= 4 is 39.3 Å². The van der Waals surface area contributed by atoms with Gasteiger partial charge < -0.3 is 14.5 Å². The van der Waals surface area contributed by atoms with E-state index in [0.717, 1.165) is 0 Å². The van der Waals surface area contributed by atoms with Gasteiger partial charge in [0.1, 0.15) is 4.90 Å². The van der Waals surface area contributed by atoms with E-state index in [0.29, 0.717) is 55.5 Å². The topological polar surface area (TPSA) is 70.2 Å². The van der Waals surface area contributed by atoms with Crippen LogP contribution < -0.4 is 0 Å². The molecular formula is C17H23Cl2N3O4S. The van der Waals surface area contributed by atoms with Crippen LogP contribution in [0.2, 0.25) is 10.0 Å². The highest BCUT2D eigenvalue weighted by Crippen LogP contribution is 2.35. The summed E-state index contributed by atoms with van der Waals surface area (Å²) in [6.45, 7) is 6.70. The van der Waals surface area contributed by atoms with Crippen molar-refractivity contribution in [3.8, 4) is 0 Å². The van der Waals surface area contributed by atoms with Crippen molar-refractivity contribution in [2.24, 2.45) is 0 Å². The quantitative estimate of drug-likeness (QED) is 0.714. The normalized spacial score (nSPS) is 19.4. The molecule has 0 radical (unpaired) electrons. The molecule has 2 heterocycles. The van der Waals surface area contributed by atoms with Gasteiger partial charge in [0.05, 0.1) is 18.2 Å². The van der Waals surface area contributed by atoms with Crippen molar-refractivity contribution in [2.75, 3.05) is 52.5 Å². The zero-order valence-corrected chi connectivity index (χ0v) is 17.7. The Kier molecular flexibility index (Phi) is 6.22. The van der Waals surface area contributed by atoms with Crippen LogP contribution >= 0.6 is 23.2 Å². The van der Waals surface area contributed by atoms with Crippen LogP contribution in [0, 0.1) is 13.8 Å². The minimum Gasteiger partial charge on any atom is -0.378 e. The Balaban J connectivity index is 1.75. The van der Waals surface area contributed by atoms with Gasteiger partial charge in [-0.3, -0.25) is 0 Å². The Bertz CT molecular complexity index is 807. The smallest absolute Gasteiger partial charge is 0.320 e. The molecule has 10 heteroatoms. The van der Waals surface area contributed by atoms with Gasteiger partial charge in [0, 0.05) is 44.3 Å². The summed E-state index contributed by atoms with van der Waals surface area (Å²) >= 11 is 12.5. The van der Waals surface area contributed by atoms with Gasteiger partial charge >= 0.3 is 6.03 Å². The maximum absolute atomic E-state index is 13.2. The van der Waals surface area contributed by atoms with Crippen LogP contribution in [-0.4, -0.2) is 81.0 Å². The second kappa shape index (κ2) is 8.13. The molecule has 1 aromatic carbocycles. The number of urea groups is 1. The lowest BCUT2D eigenvalue weighted by Crippen LogP contribution is -2.55. The van der Waals surface area contributed by atoms with Gasteiger partial charge in [-0.25, -0.2) is 13.2 Å². The molecule has 0 aliphatic carbocycles. The van der Waals surface area contributed by atoms with E-state index < -0.39 is 10.0 Å². The Hall–Kier alpha value is -1.06. The van der Waals surface area contributed by atoms with Gasteiger partial charge in [0.2, 0.25) is 10.0 Å². The number of rotatable bonds is 2. The van der Waals surface area contributed by atoms with Crippen molar-refractivity contribution in [2.45, 2.75) is 18.7 Å². The lowest BCUT2D eigenvalue weighted by atomic mass is 10.2. The van der Waals surface area contributed by atoms with E-state index in [1.54, 1.807) is 29.7 Å². The van der Waals surface area contributed by atoms with Crippen LogP contribution in [-0.2, 0) is 14.8 Å². The maximum Gasteiger partial charge on any atom is 0.320 e. The molecule has 150 valence electrons. The number of morpholine rings is 1. The van der Waals surface area contributed by atoms with Crippen molar-refractivity contribution < 1.29 is 17.9 Å². The van der Waals surface area contributed by atoms with Crippen LogP contribution in [0.1, 0.15) is 11.1 Å². The van der Waals surface area contributed by atoms with Gasteiger partial charge in [-0.15, -0.1) is 0 Å². The second-order valence-corrected chi connectivity index (χ2v) is 9.38. The zero-order chi connectivity index (χ0) is 19.8. The van der Waals surface area contributed by atoms with Crippen molar-refractivity contribution in [3.05, 3.63) is 27.2 Å². The van der Waals surface area contributed by atoms with E-state index in [4.69, 9.17) is 27.9 Å². The predicted octanol–water partition coefficient (Wildman–Crippen LogP) is 2.37. The highest BCUT2D eigenvalue weighted by atomic mass is 35.5. The summed E-state index contributed by atoms with van der Waals surface area (Å²) in [5.41, 5.74) is 1.06. The van der Waals surface area contributed by atoms with Gasteiger partial charge in [-0.2, -0.15) is 4.31 Å². The minimum atomic E-state index is -3.80. The molecule has 0 bridgehead atoms. The number of aryl methyl sites for hydroxylation is 1. The average molecular weight is 436 g/mol. The monoisotopic (exact) mass is 435 g/mol. The van der Waals surface area contributed by atoms with E-state index in [2.05, 4.69) is 0 Å². The predicted molar refractivity (Wildman–Crippen MR) is 104 cm³/mol. The Morgan fingerprint density at radius 3 is 2.15 bits per heavy atom. The summed E-state index contributed by atoms with van der Waals surface area (Å²) in [5, 5.41) is 0.570. The number of piperazine rings is 1. The van der Waals surface area contributed by atoms with Crippen LogP contribution in [0.4, 0.5) is 4.79 Å². The molecule has 2 aliphatic rings. The number of benzene rings is 1. The molecule has 0 atom stereocenters.